The van der Waals surface area contributed by atoms with Gasteiger partial charge in [-0.15, -0.1) is 0 Å². The van der Waals surface area contributed by atoms with E-state index in [-0.39, 0.29) is 29.6 Å². The van der Waals surface area contributed by atoms with Crippen molar-refractivity contribution in [3.05, 3.63) is 35.5 Å². The third-order valence-electron chi connectivity index (χ3n) is 10.5. The molecule has 0 spiro atoms. The van der Waals surface area contributed by atoms with Gasteiger partial charge in [-0.1, -0.05) is 32.4 Å². The van der Waals surface area contributed by atoms with Crippen LogP contribution in [0.25, 0.3) is 10.9 Å². The molecule has 1 aliphatic carbocycles. The Morgan fingerprint density at radius 2 is 2.12 bits per heavy atom. The van der Waals surface area contributed by atoms with Crippen LogP contribution in [-0.2, 0) is 25.5 Å². The van der Waals surface area contributed by atoms with Gasteiger partial charge in [0.05, 0.1) is 5.92 Å². The summed E-state index contributed by atoms with van der Waals surface area (Å²) < 4.78 is 6.21. The quantitative estimate of drug-likeness (QED) is 0.536. The summed E-state index contributed by atoms with van der Waals surface area (Å²) in [6, 6.07) is 5.13. The summed E-state index contributed by atoms with van der Waals surface area (Å²) in [5.41, 5.74) is 1.92. The predicted molar refractivity (Wildman–Crippen MR) is 147 cm³/mol. The molecule has 4 saturated heterocycles. The minimum Gasteiger partial charge on any atom is -0.361 e. The maximum absolute atomic E-state index is 14.0. The summed E-state index contributed by atoms with van der Waals surface area (Å²) in [6.45, 7) is 6.48. The molecule has 40 heavy (non-hydrogen) atoms. The number of H-pyrrole nitrogens is 1. The first-order valence-corrected chi connectivity index (χ1v) is 14.7. The predicted octanol–water partition coefficient (Wildman–Crippen LogP) is 1.88. The van der Waals surface area contributed by atoms with Gasteiger partial charge in [-0.05, 0) is 62.8 Å². The van der Waals surface area contributed by atoms with Crippen molar-refractivity contribution in [2.75, 3.05) is 20.1 Å². The fourth-order valence-electron chi connectivity index (χ4n) is 8.29. The molecule has 5 heterocycles. The monoisotopic (exact) mass is 549 g/mol. The number of piperazine rings is 1. The van der Waals surface area contributed by atoms with Gasteiger partial charge >= 0.3 is 0 Å². The lowest BCUT2D eigenvalue weighted by molar-refractivity contribution is -0.317. The lowest BCUT2D eigenvalue weighted by Crippen LogP contribution is -2.72. The number of ether oxygens (including phenoxy) is 1. The molecule has 1 aromatic heterocycles. The molecular formula is C30H39N5O5. The Hall–Kier alpha value is -2.95. The van der Waals surface area contributed by atoms with Gasteiger partial charge in [-0.2, -0.15) is 0 Å². The van der Waals surface area contributed by atoms with Crippen molar-refractivity contribution in [3.63, 3.8) is 0 Å². The first-order valence-electron chi connectivity index (χ1n) is 14.7. The van der Waals surface area contributed by atoms with Crippen LogP contribution in [0.4, 0.5) is 0 Å². The Labute approximate surface area is 234 Å². The molecule has 3 N–H and O–H groups in total. The van der Waals surface area contributed by atoms with E-state index in [0.717, 1.165) is 18.4 Å². The zero-order chi connectivity index (χ0) is 28.1. The normalized spacial score (nSPS) is 37.9. The SMILES string of the molecule is CC[C@@H](C)[C@@H]1C(=O)N2CCC[C@@H]2[C@@]2(O)O[C@](C)(NC(=O)[C@H]3CC4c5cccc6[nH]cc(c56)C[C@@H]4N(C)C3)C(=O)N12. The first-order chi connectivity index (χ1) is 19.1. The molecule has 1 unspecified atom stereocenters. The highest BCUT2D eigenvalue weighted by Crippen LogP contribution is 2.48. The second kappa shape index (κ2) is 8.77. The van der Waals surface area contributed by atoms with Crippen LogP contribution < -0.4 is 5.32 Å². The van der Waals surface area contributed by atoms with Crippen LogP contribution in [0.15, 0.2) is 24.4 Å². The smallest absolute Gasteiger partial charge is 0.280 e. The Morgan fingerprint density at radius 3 is 2.90 bits per heavy atom. The summed E-state index contributed by atoms with van der Waals surface area (Å²) in [7, 11) is 2.06. The number of nitrogens with one attached hydrogen (secondary N) is 2. The molecule has 0 bridgehead atoms. The molecule has 0 saturated carbocycles. The van der Waals surface area contributed by atoms with Crippen LogP contribution >= 0.6 is 0 Å². The number of likely N-dealkylation sites (N-methyl/N-ethyl adjacent to an activating group) is 1. The number of nitrogens with zero attached hydrogens (tertiary/aromatic N) is 3. The highest BCUT2D eigenvalue weighted by atomic mass is 16.7. The molecule has 8 atom stereocenters. The van der Waals surface area contributed by atoms with Crippen molar-refractivity contribution >= 4 is 28.6 Å². The minimum atomic E-state index is -1.98. The number of hydrogen-bond acceptors (Lipinski definition) is 6. The van der Waals surface area contributed by atoms with E-state index in [0.29, 0.717) is 38.4 Å². The number of amides is 3. The number of rotatable bonds is 4. The second-order valence-electron chi connectivity index (χ2n) is 12.8. The Bertz CT molecular complexity index is 1410. The summed E-state index contributed by atoms with van der Waals surface area (Å²) in [6.07, 6.45) is 5.61. The average Bonchev–Trinajstić information content (AvgIpc) is 3.63. The molecule has 214 valence electrons. The van der Waals surface area contributed by atoms with Gasteiger partial charge in [-0.25, -0.2) is 0 Å². The third kappa shape index (κ3) is 3.42. The van der Waals surface area contributed by atoms with Crippen LogP contribution in [0.3, 0.4) is 0 Å². The number of aliphatic hydroxyl groups is 1. The first kappa shape index (κ1) is 26.0. The van der Waals surface area contributed by atoms with Crippen molar-refractivity contribution in [2.24, 2.45) is 11.8 Å². The summed E-state index contributed by atoms with van der Waals surface area (Å²) in [4.78, 5) is 50.0. The molecule has 10 nitrogen and oxygen atoms in total. The van der Waals surface area contributed by atoms with E-state index < -0.39 is 29.6 Å². The van der Waals surface area contributed by atoms with Gasteiger partial charge in [0.25, 0.3) is 11.8 Å². The fourth-order valence-corrected chi connectivity index (χ4v) is 8.29. The number of carbonyl (C=O) groups is 3. The minimum absolute atomic E-state index is 0.149. The number of carbonyl (C=O) groups excluding carboxylic acids is 3. The largest absolute Gasteiger partial charge is 0.361 e. The van der Waals surface area contributed by atoms with Gasteiger partial charge in [0.15, 0.2) is 0 Å². The van der Waals surface area contributed by atoms with Crippen LogP contribution in [0.1, 0.15) is 63.5 Å². The van der Waals surface area contributed by atoms with Crippen molar-refractivity contribution in [3.8, 4) is 0 Å². The molecule has 5 aliphatic rings. The van der Waals surface area contributed by atoms with E-state index >= 15 is 0 Å². The average molecular weight is 550 g/mol. The molecule has 1 aromatic carbocycles. The second-order valence-corrected chi connectivity index (χ2v) is 12.8. The number of aromatic nitrogens is 1. The number of hydrogen-bond donors (Lipinski definition) is 3. The number of likely N-dealkylation sites (tertiary alicyclic amines) is 1. The summed E-state index contributed by atoms with van der Waals surface area (Å²) in [5.74, 6) is -3.31. The van der Waals surface area contributed by atoms with E-state index in [9.17, 15) is 19.5 Å². The van der Waals surface area contributed by atoms with Crippen molar-refractivity contribution in [2.45, 2.75) is 88.6 Å². The number of piperidine rings is 1. The number of fused-ring (bicyclic) bond motifs is 5. The van der Waals surface area contributed by atoms with Crippen molar-refractivity contribution in [1.82, 2.24) is 25.0 Å². The standard InChI is InChI=1S/C30H39N5O5/c1-5-16(2)25-27(37)34-11-7-10-23(34)30(39)35(25)28(38)29(3,40-30)32-26(36)18-12-20-19-8-6-9-21-24(19)17(14-31-21)13-22(20)33(4)15-18/h6,8-9,14,16,18,20,22-23,25,31,39H,5,7,10-13,15H2,1-4H3,(H,32,36)/t16-,18+,20?,22+,23-,25-,29+,30-/m1/s1. The Morgan fingerprint density at radius 1 is 1.32 bits per heavy atom. The molecule has 2 aromatic rings. The molecular weight excluding hydrogens is 510 g/mol. The van der Waals surface area contributed by atoms with Gasteiger partial charge < -0.3 is 25.2 Å². The van der Waals surface area contributed by atoms with Gasteiger partial charge in [0, 0.05) is 42.1 Å². The van der Waals surface area contributed by atoms with Crippen LogP contribution in [0.2, 0.25) is 0 Å². The van der Waals surface area contributed by atoms with Gasteiger partial charge in [0.2, 0.25) is 17.5 Å². The highest BCUT2D eigenvalue weighted by Gasteiger charge is 2.70. The van der Waals surface area contributed by atoms with Gasteiger partial charge in [-0.3, -0.25) is 24.0 Å². The third-order valence-corrected chi connectivity index (χ3v) is 10.5. The van der Waals surface area contributed by atoms with Crippen LogP contribution in [-0.4, -0.2) is 92.4 Å². The summed E-state index contributed by atoms with van der Waals surface area (Å²) in [5, 5.41) is 16.1. The molecule has 4 fully saturated rings. The molecule has 7 rings (SSSR count). The van der Waals surface area contributed by atoms with Crippen LogP contribution in [0, 0.1) is 11.8 Å². The van der Waals surface area contributed by atoms with Gasteiger partial charge in [0.1, 0.15) is 12.1 Å². The zero-order valence-electron chi connectivity index (χ0n) is 23.6. The van der Waals surface area contributed by atoms with E-state index in [1.807, 2.05) is 13.8 Å². The van der Waals surface area contributed by atoms with Crippen LogP contribution in [0.5, 0.6) is 0 Å². The molecule has 0 radical (unpaired) electrons. The van der Waals surface area contributed by atoms with E-state index in [1.54, 1.807) is 4.90 Å². The Balaban J connectivity index is 1.17. The zero-order valence-corrected chi connectivity index (χ0v) is 23.6. The lowest BCUT2D eigenvalue weighted by atomic mass is 9.72. The number of aromatic amines is 1. The topological polar surface area (TPSA) is 118 Å². The van der Waals surface area contributed by atoms with E-state index in [2.05, 4.69) is 46.6 Å². The fraction of sp³-hybridized carbons (Fsp3) is 0.633. The maximum atomic E-state index is 14.0. The lowest BCUT2D eigenvalue weighted by Gasteiger charge is -2.50. The van der Waals surface area contributed by atoms with E-state index in [1.165, 1.54) is 28.3 Å². The Kier molecular flexibility index (Phi) is 5.70. The highest BCUT2D eigenvalue weighted by molar-refractivity contribution is 5.97. The molecule has 3 amide bonds. The summed E-state index contributed by atoms with van der Waals surface area (Å²) >= 11 is 0. The maximum Gasteiger partial charge on any atom is 0.280 e. The van der Waals surface area contributed by atoms with Crippen molar-refractivity contribution in [1.29, 1.82) is 0 Å². The number of benzene rings is 1. The van der Waals surface area contributed by atoms with E-state index in [4.69, 9.17) is 4.74 Å². The molecule has 4 aliphatic heterocycles. The van der Waals surface area contributed by atoms with Crippen molar-refractivity contribution < 1.29 is 24.2 Å². The molecule has 10 heteroatoms.